The molecule has 2 rings (SSSR count). The summed E-state index contributed by atoms with van der Waals surface area (Å²) >= 11 is 1.65. The summed E-state index contributed by atoms with van der Waals surface area (Å²) in [5.74, 6) is -0.940. The van der Waals surface area contributed by atoms with Gasteiger partial charge in [-0.1, -0.05) is 6.07 Å². The molecule has 1 aromatic rings. The molecule has 2 heterocycles. The predicted molar refractivity (Wildman–Crippen MR) is 69.7 cm³/mol. The summed E-state index contributed by atoms with van der Waals surface area (Å²) in [6, 6.07) is 3.29. The monoisotopic (exact) mass is 270 g/mol. The van der Waals surface area contributed by atoms with Gasteiger partial charge in [-0.25, -0.2) is 0 Å². The molecule has 5 nitrogen and oxygen atoms in total. The summed E-state index contributed by atoms with van der Waals surface area (Å²) < 4.78 is 5.33. The Morgan fingerprint density at radius 3 is 2.83 bits per heavy atom. The average Bonchev–Trinajstić information content (AvgIpc) is 2.90. The molecule has 18 heavy (non-hydrogen) atoms. The zero-order valence-corrected chi connectivity index (χ0v) is 10.9. The first-order chi connectivity index (χ1) is 8.68. The fraction of sp³-hybridized carbons (Fsp3) is 0.583. The summed E-state index contributed by atoms with van der Waals surface area (Å²) in [6.07, 6.45) is 0.440. The third kappa shape index (κ3) is 3.29. The maximum absolute atomic E-state index is 10.9. The highest BCUT2D eigenvalue weighted by Gasteiger charge is 2.27. The predicted octanol–water partition coefficient (Wildman–Crippen LogP) is 0.923. The number of thiophene rings is 1. The summed E-state index contributed by atoms with van der Waals surface area (Å²) in [7, 11) is 0. The van der Waals surface area contributed by atoms with Gasteiger partial charge >= 0.3 is 5.97 Å². The number of carboxylic acids is 1. The lowest BCUT2D eigenvalue weighted by molar-refractivity contribution is -0.139. The Balaban J connectivity index is 2.09. The van der Waals surface area contributed by atoms with Crippen molar-refractivity contribution < 1.29 is 14.6 Å². The van der Waals surface area contributed by atoms with Gasteiger partial charge in [-0.2, -0.15) is 0 Å². The van der Waals surface area contributed by atoms with Crippen molar-refractivity contribution in [2.45, 2.75) is 18.5 Å². The van der Waals surface area contributed by atoms with Crippen molar-refractivity contribution in [3.05, 3.63) is 22.4 Å². The highest BCUT2D eigenvalue weighted by atomic mass is 32.1. The number of hydrogen-bond acceptors (Lipinski definition) is 5. The van der Waals surface area contributed by atoms with Crippen molar-refractivity contribution in [1.82, 2.24) is 4.90 Å². The Hall–Kier alpha value is -0.950. The van der Waals surface area contributed by atoms with E-state index >= 15 is 0 Å². The normalized spacial score (nSPS) is 20.5. The van der Waals surface area contributed by atoms with Crippen molar-refractivity contribution >= 4 is 17.3 Å². The summed E-state index contributed by atoms with van der Waals surface area (Å²) in [4.78, 5) is 14.4. The maximum atomic E-state index is 10.9. The van der Waals surface area contributed by atoms with E-state index in [1.54, 1.807) is 11.3 Å². The van der Waals surface area contributed by atoms with Gasteiger partial charge in [0.2, 0.25) is 0 Å². The van der Waals surface area contributed by atoms with Crippen LogP contribution in [0.4, 0.5) is 0 Å². The van der Waals surface area contributed by atoms with E-state index in [0.29, 0.717) is 19.6 Å². The van der Waals surface area contributed by atoms with Gasteiger partial charge in [0.05, 0.1) is 13.2 Å². The highest BCUT2D eigenvalue weighted by molar-refractivity contribution is 7.10. The van der Waals surface area contributed by atoms with Crippen LogP contribution in [0.15, 0.2) is 17.5 Å². The molecule has 0 radical (unpaired) electrons. The van der Waals surface area contributed by atoms with E-state index in [-0.39, 0.29) is 6.04 Å². The molecule has 0 amide bonds. The van der Waals surface area contributed by atoms with Gasteiger partial charge in [-0.3, -0.25) is 9.69 Å². The molecule has 3 N–H and O–H groups in total. The molecule has 1 fully saturated rings. The molecule has 1 saturated heterocycles. The Morgan fingerprint density at radius 1 is 1.56 bits per heavy atom. The molecule has 0 unspecified atom stereocenters. The molecule has 100 valence electrons. The van der Waals surface area contributed by atoms with Crippen LogP contribution in [0.5, 0.6) is 0 Å². The topological polar surface area (TPSA) is 75.8 Å². The molecule has 0 spiro atoms. The Bertz CT molecular complexity index is 377. The first kappa shape index (κ1) is 13.5. The van der Waals surface area contributed by atoms with Crippen LogP contribution in [0, 0.1) is 0 Å². The summed E-state index contributed by atoms with van der Waals surface area (Å²) in [6.45, 7) is 3.05. The first-order valence-electron chi connectivity index (χ1n) is 6.02. The van der Waals surface area contributed by atoms with Gasteiger partial charge in [-0.05, 0) is 17.9 Å². The van der Waals surface area contributed by atoms with Crippen LogP contribution in [0.3, 0.4) is 0 Å². The number of morpholine rings is 1. The minimum atomic E-state index is -0.940. The van der Waals surface area contributed by atoms with Crippen LogP contribution in [-0.4, -0.2) is 48.3 Å². The molecular formula is C12H18N2O3S. The second kappa shape index (κ2) is 6.29. The van der Waals surface area contributed by atoms with Crippen LogP contribution >= 0.6 is 11.3 Å². The quantitative estimate of drug-likeness (QED) is 0.832. The van der Waals surface area contributed by atoms with Crippen LogP contribution < -0.4 is 5.73 Å². The molecule has 6 heteroatoms. The third-order valence-electron chi connectivity index (χ3n) is 3.15. The number of nitrogens with zero attached hydrogens (tertiary/aromatic N) is 1. The number of carboxylic acid groups (broad SMARTS) is 1. The van der Waals surface area contributed by atoms with Crippen molar-refractivity contribution in [2.24, 2.45) is 5.73 Å². The lowest BCUT2D eigenvalue weighted by Crippen LogP contribution is -2.42. The first-order valence-corrected chi connectivity index (χ1v) is 6.90. The number of carbonyl (C=O) groups is 1. The van der Waals surface area contributed by atoms with Gasteiger partial charge in [0.15, 0.2) is 0 Å². The van der Waals surface area contributed by atoms with E-state index in [2.05, 4.69) is 4.90 Å². The van der Waals surface area contributed by atoms with Crippen molar-refractivity contribution in [2.75, 3.05) is 26.3 Å². The summed E-state index contributed by atoms with van der Waals surface area (Å²) in [5.41, 5.74) is 5.68. The molecule has 0 aliphatic carbocycles. The summed E-state index contributed by atoms with van der Waals surface area (Å²) in [5, 5.41) is 11.0. The van der Waals surface area contributed by atoms with Gasteiger partial charge in [0.25, 0.3) is 0 Å². The van der Waals surface area contributed by atoms with E-state index < -0.39 is 12.0 Å². The second-order valence-corrected chi connectivity index (χ2v) is 5.34. The van der Waals surface area contributed by atoms with Crippen LogP contribution in [0.25, 0.3) is 0 Å². The molecule has 1 aliphatic rings. The van der Waals surface area contributed by atoms with Gasteiger partial charge in [0, 0.05) is 24.0 Å². The van der Waals surface area contributed by atoms with E-state index in [9.17, 15) is 4.79 Å². The van der Waals surface area contributed by atoms with Crippen molar-refractivity contribution in [1.29, 1.82) is 0 Å². The van der Waals surface area contributed by atoms with Crippen molar-refractivity contribution in [3.8, 4) is 0 Å². The van der Waals surface area contributed by atoms with Gasteiger partial charge in [0.1, 0.15) is 6.04 Å². The minimum absolute atomic E-state index is 0.0833. The van der Waals surface area contributed by atoms with Crippen LogP contribution in [-0.2, 0) is 9.53 Å². The number of aliphatic carboxylic acids is 1. The van der Waals surface area contributed by atoms with Crippen LogP contribution in [0.1, 0.15) is 17.3 Å². The molecular weight excluding hydrogens is 252 g/mol. The fourth-order valence-electron chi connectivity index (χ4n) is 2.16. The molecule has 0 saturated carbocycles. The molecule has 1 aromatic heterocycles. The number of ether oxygens (including phenoxy) is 1. The largest absolute Gasteiger partial charge is 0.480 e. The zero-order chi connectivity index (χ0) is 13.0. The molecule has 2 atom stereocenters. The molecule has 0 bridgehead atoms. The van der Waals surface area contributed by atoms with E-state index in [1.165, 1.54) is 4.88 Å². The maximum Gasteiger partial charge on any atom is 0.320 e. The Morgan fingerprint density at radius 2 is 2.28 bits per heavy atom. The third-order valence-corrected chi connectivity index (χ3v) is 4.13. The number of rotatable bonds is 5. The molecule has 0 aromatic carbocycles. The lowest BCUT2D eigenvalue weighted by atomic mass is 10.0. The number of hydrogen-bond donors (Lipinski definition) is 2. The average molecular weight is 270 g/mol. The molecule has 1 aliphatic heterocycles. The van der Waals surface area contributed by atoms with Crippen molar-refractivity contribution in [3.63, 3.8) is 0 Å². The Kier molecular flexibility index (Phi) is 4.71. The smallest absolute Gasteiger partial charge is 0.320 e. The SMILES string of the molecule is N[C@@H](C[C@H](c1cccs1)N1CCOCC1)C(=O)O. The van der Waals surface area contributed by atoms with Gasteiger partial charge < -0.3 is 15.6 Å². The number of nitrogens with two attached hydrogens (primary N) is 1. The van der Waals surface area contributed by atoms with Crippen LogP contribution in [0.2, 0.25) is 0 Å². The lowest BCUT2D eigenvalue weighted by Gasteiger charge is -2.34. The van der Waals surface area contributed by atoms with E-state index in [0.717, 1.165) is 13.1 Å². The second-order valence-electron chi connectivity index (χ2n) is 4.36. The fourth-order valence-corrected chi connectivity index (χ4v) is 3.03. The van der Waals surface area contributed by atoms with E-state index in [4.69, 9.17) is 15.6 Å². The zero-order valence-electron chi connectivity index (χ0n) is 10.1. The minimum Gasteiger partial charge on any atom is -0.480 e. The Labute approximate surface area is 110 Å². The highest BCUT2D eigenvalue weighted by Crippen LogP contribution is 2.29. The standard InChI is InChI=1S/C12H18N2O3S/c13-9(12(15)16)8-10(11-2-1-7-18-11)14-3-5-17-6-4-14/h1-2,7,9-10H,3-6,8,13H2,(H,15,16)/t9-,10+/m0/s1. The van der Waals surface area contributed by atoms with E-state index in [1.807, 2.05) is 17.5 Å². The van der Waals surface area contributed by atoms with Gasteiger partial charge in [-0.15, -0.1) is 11.3 Å².